The van der Waals surface area contributed by atoms with Crippen molar-refractivity contribution in [3.8, 4) is 0 Å². The molecule has 1 nitrogen and oxygen atoms in total. The summed E-state index contributed by atoms with van der Waals surface area (Å²) in [5.41, 5.74) is 2.18. The van der Waals surface area contributed by atoms with Crippen LogP contribution in [0.15, 0.2) is 17.1 Å². The number of halogens is 1. The third-order valence-electron chi connectivity index (χ3n) is 1.87. The maximum Gasteiger partial charge on any atom is 0.224 e. The first kappa shape index (κ1) is 13.6. The van der Waals surface area contributed by atoms with E-state index in [1.165, 1.54) is 19.0 Å². The number of hydrogen-bond acceptors (Lipinski definition) is 1. The number of aryl methyl sites for hydroxylation is 1. The van der Waals surface area contributed by atoms with E-state index in [1.807, 2.05) is 0 Å². The van der Waals surface area contributed by atoms with Gasteiger partial charge in [0, 0.05) is 14.5 Å². The molecule has 1 aromatic rings. The lowest BCUT2D eigenvalue weighted by molar-refractivity contribution is -0.692. The van der Waals surface area contributed by atoms with E-state index in [4.69, 9.17) is 0 Å². The van der Waals surface area contributed by atoms with Crippen LogP contribution in [0.3, 0.4) is 0 Å². The van der Waals surface area contributed by atoms with Crippen LogP contribution < -0.4 is 28.5 Å². The van der Waals surface area contributed by atoms with E-state index in [2.05, 4.69) is 41.3 Å². The van der Waals surface area contributed by atoms with Crippen LogP contribution in [0.2, 0.25) is 25.7 Å². The van der Waals surface area contributed by atoms with Crippen LogP contribution in [-0.2, 0) is 6.54 Å². The molecule has 0 aliphatic carbocycles. The van der Waals surface area contributed by atoms with Gasteiger partial charge in [0.2, 0.25) is 5.51 Å². The molecule has 0 fully saturated rings. The lowest BCUT2D eigenvalue weighted by Gasteiger charge is -2.13. The molecule has 4 heteroatoms. The molecule has 0 spiro atoms. The second-order valence-corrected chi connectivity index (χ2v) is 10.8. The molecule has 0 aliphatic rings. The quantitative estimate of drug-likeness (QED) is 0.409. The summed E-state index contributed by atoms with van der Waals surface area (Å²) in [5, 5.41) is 2.13. The summed E-state index contributed by atoms with van der Waals surface area (Å²) in [7, 11) is -0.801. The minimum atomic E-state index is -0.801. The Labute approximate surface area is 103 Å². The van der Waals surface area contributed by atoms with Crippen molar-refractivity contribution in [3.05, 3.63) is 17.1 Å². The van der Waals surface area contributed by atoms with E-state index in [0.717, 1.165) is 0 Å². The molecule has 0 aliphatic heterocycles. The Morgan fingerprint density at radius 1 is 1.31 bits per heavy atom. The van der Waals surface area contributed by atoms with Crippen LogP contribution in [0.4, 0.5) is 0 Å². The van der Waals surface area contributed by atoms with Crippen molar-refractivity contribution in [1.82, 2.24) is 0 Å². The van der Waals surface area contributed by atoms with Gasteiger partial charge in [0.15, 0.2) is 6.20 Å². The van der Waals surface area contributed by atoms with Gasteiger partial charge in [-0.25, -0.2) is 0 Å². The zero-order chi connectivity index (χ0) is 9.03. The van der Waals surface area contributed by atoms with E-state index < -0.39 is 8.07 Å². The molecule has 0 aromatic carbocycles. The fourth-order valence-electron chi connectivity index (χ4n) is 1.18. The van der Waals surface area contributed by atoms with Crippen molar-refractivity contribution in [2.45, 2.75) is 38.7 Å². The summed E-state index contributed by atoms with van der Waals surface area (Å²) in [5.74, 6) is 0. The molecule has 0 saturated carbocycles. The SMILES string of the molecule is C[Si](C)(C)CCC[n+]1ccsc1.[I-]. The second-order valence-electron chi connectivity index (χ2n) is 4.43. The van der Waals surface area contributed by atoms with Crippen molar-refractivity contribution in [3.63, 3.8) is 0 Å². The number of rotatable bonds is 4. The maximum absolute atomic E-state index is 2.44. The van der Waals surface area contributed by atoms with Gasteiger partial charge in [-0.2, -0.15) is 4.57 Å². The van der Waals surface area contributed by atoms with Gasteiger partial charge in [0.1, 0.15) is 6.54 Å². The monoisotopic (exact) mass is 327 g/mol. The first-order valence-corrected chi connectivity index (χ1v) is 9.14. The Morgan fingerprint density at radius 3 is 2.46 bits per heavy atom. The van der Waals surface area contributed by atoms with Gasteiger partial charge in [-0.15, -0.1) is 0 Å². The third-order valence-corrected chi connectivity index (χ3v) is 4.40. The highest BCUT2D eigenvalue weighted by atomic mass is 127. The van der Waals surface area contributed by atoms with Crippen LogP contribution in [-0.4, -0.2) is 8.07 Å². The van der Waals surface area contributed by atoms with E-state index in [-0.39, 0.29) is 24.0 Å². The third kappa shape index (κ3) is 6.62. The van der Waals surface area contributed by atoms with Crippen molar-refractivity contribution in [2.24, 2.45) is 0 Å². The van der Waals surface area contributed by atoms with Crippen LogP contribution in [0.25, 0.3) is 0 Å². The average molecular weight is 327 g/mol. The van der Waals surface area contributed by atoms with Gasteiger partial charge in [0.25, 0.3) is 0 Å². The van der Waals surface area contributed by atoms with E-state index >= 15 is 0 Å². The summed E-state index contributed by atoms with van der Waals surface area (Å²) in [6, 6.07) is 1.44. The standard InChI is InChI=1S/C9H18NSSi.HI/c1-12(2,3)8-4-5-10-6-7-11-9-10;/h6-7,9H,4-5,8H2,1-3H3;1H/q+1;/p-1. The molecule has 1 heterocycles. The molecule has 0 N–H and O–H groups in total. The fourth-order valence-corrected chi connectivity index (χ4v) is 3.03. The zero-order valence-electron chi connectivity index (χ0n) is 8.59. The Morgan fingerprint density at radius 2 is 2.00 bits per heavy atom. The predicted molar refractivity (Wildman–Crippen MR) is 57.3 cm³/mol. The zero-order valence-corrected chi connectivity index (χ0v) is 12.6. The lowest BCUT2D eigenvalue weighted by Crippen LogP contribution is -3.00. The molecule has 1 aromatic heterocycles. The summed E-state index contributed by atoms with van der Waals surface area (Å²) >= 11 is 1.77. The summed E-state index contributed by atoms with van der Waals surface area (Å²) in [4.78, 5) is 0. The highest BCUT2D eigenvalue weighted by Crippen LogP contribution is 2.10. The lowest BCUT2D eigenvalue weighted by atomic mass is 10.5. The van der Waals surface area contributed by atoms with Crippen LogP contribution in [0, 0.1) is 0 Å². The molecular weight excluding hydrogens is 309 g/mol. The van der Waals surface area contributed by atoms with Crippen molar-refractivity contribution in [1.29, 1.82) is 0 Å². The predicted octanol–water partition coefficient (Wildman–Crippen LogP) is -0.232. The van der Waals surface area contributed by atoms with Gasteiger partial charge in [-0.05, 0) is 0 Å². The van der Waals surface area contributed by atoms with E-state index in [9.17, 15) is 0 Å². The number of aromatic nitrogens is 1. The van der Waals surface area contributed by atoms with Crippen LogP contribution in [0.1, 0.15) is 6.42 Å². The van der Waals surface area contributed by atoms with E-state index in [1.54, 1.807) is 11.3 Å². The molecule has 0 amide bonds. The molecule has 0 atom stereocenters. The highest BCUT2D eigenvalue weighted by Gasteiger charge is 2.13. The maximum atomic E-state index is 2.44. The molecule has 0 unspecified atom stereocenters. The van der Waals surface area contributed by atoms with Crippen molar-refractivity contribution < 1.29 is 28.5 Å². The minimum absolute atomic E-state index is 0. The largest absolute Gasteiger partial charge is 1.00 e. The van der Waals surface area contributed by atoms with Gasteiger partial charge in [-0.3, -0.25) is 0 Å². The van der Waals surface area contributed by atoms with Crippen molar-refractivity contribution in [2.75, 3.05) is 0 Å². The molecule has 1 rings (SSSR count). The molecule has 0 bridgehead atoms. The van der Waals surface area contributed by atoms with Gasteiger partial charge >= 0.3 is 0 Å². The summed E-state index contributed by atoms with van der Waals surface area (Å²) < 4.78 is 2.28. The highest BCUT2D eigenvalue weighted by molar-refractivity contribution is 7.07. The second kappa shape index (κ2) is 6.13. The smallest absolute Gasteiger partial charge is 0.224 e. The van der Waals surface area contributed by atoms with E-state index in [0.29, 0.717) is 0 Å². The van der Waals surface area contributed by atoms with Crippen LogP contribution >= 0.6 is 11.3 Å². The molecule has 0 radical (unpaired) electrons. The van der Waals surface area contributed by atoms with Gasteiger partial charge in [0.05, 0.1) is 5.38 Å². The Hall–Kier alpha value is 0.577. The molecule has 76 valence electrons. The Balaban J connectivity index is 0.00000144. The topological polar surface area (TPSA) is 3.88 Å². The van der Waals surface area contributed by atoms with Gasteiger partial charge < -0.3 is 24.0 Å². The number of thiazole rings is 1. The fraction of sp³-hybridized carbons (Fsp3) is 0.667. The Bertz CT molecular complexity index is 218. The van der Waals surface area contributed by atoms with Crippen LogP contribution in [0.5, 0.6) is 0 Å². The van der Waals surface area contributed by atoms with Crippen molar-refractivity contribution >= 4 is 19.4 Å². The average Bonchev–Trinajstić information content (AvgIpc) is 2.36. The van der Waals surface area contributed by atoms with Gasteiger partial charge in [-0.1, -0.05) is 37.0 Å². The molecule has 13 heavy (non-hydrogen) atoms. The number of hydrogen-bond donors (Lipinski definition) is 0. The molecule has 0 saturated heterocycles. The Kier molecular flexibility index (Phi) is 6.41. The summed E-state index contributed by atoms with van der Waals surface area (Å²) in [6.07, 6.45) is 3.51. The number of nitrogens with zero attached hydrogens (tertiary/aromatic N) is 1. The summed E-state index contributed by atoms with van der Waals surface area (Å²) in [6.45, 7) is 8.51. The first-order valence-electron chi connectivity index (χ1n) is 4.49. The first-order chi connectivity index (χ1) is 5.58. The molecular formula is C9H18INSSi. The normalized spacial score (nSPS) is 11.0. The minimum Gasteiger partial charge on any atom is -1.00 e.